The highest BCUT2D eigenvalue weighted by Gasteiger charge is 2.14. The Hall–Kier alpha value is -2.40. The molecule has 0 saturated heterocycles. The minimum absolute atomic E-state index is 0.293. The number of anilines is 1. The van der Waals surface area contributed by atoms with Crippen molar-refractivity contribution >= 4 is 23.2 Å². The predicted octanol–water partition coefficient (Wildman–Crippen LogP) is 3.36. The van der Waals surface area contributed by atoms with E-state index in [0.717, 1.165) is 16.9 Å². The number of benzene rings is 2. The molecule has 0 aliphatic heterocycles. The molecule has 0 bridgehead atoms. The van der Waals surface area contributed by atoms with Crippen LogP contribution in [0.5, 0.6) is 11.5 Å². The number of nitrogens with two attached hydrogens (primary N) is 1. The van der Waals surface area contributed by atoms with E-state index in [2.05, 4.69) is 5.32 Å². The molecule has 0 radical (unpaired) electrons. The van der Waals surface area contributed by atoms with E-state index in [1.54, 1.807) is 0 Å². The van der Waals surface area contributed by atoms with Gasteiger partial charge in [-0.3, -0.25) is 4.79 Å². The molecule has 0 aliphatic rings. The van der Waals surface area contributed by atoms with Crippen LogP contribution in [-0.2, 0) is 0 Å². The summed E-state index contributed by atoms with van der Waals surface area (Å²) in [5.74, 6) is 0.934. The van der Waals surface area contributed by atoms with Crippen LogP contribution in [0.1, 0.15) is 21.5 Å². The Labute approximate surface area is 146 Å². The Morgan fingerprint density at radius 3 is 2.54 bits per heavy atom. The molecular formula is C18H21ClN2O3. The van der Waals surface area contributed by atoms with E-state index in [1.807, 2.05) is 32.0 Å². The number of aryl methyl sites for hydroxylation is 2. The molecule has 0 spiro atoms. The average molecular weight is 349 g/mol. The smallest absolute Gasteiger partial charge is 0.255 e. The van der Waals surface area contributed by atoms with E-state index in [9.17, 15) is 4.79 Å². The Balaban J connectivity index is 1.96. The number of hydrogen-bond donors (Lipinski definition) is 2. The van der Waals surface area contributed by atoms with Gasteiger partial charge in [0.05, 0.1) is 29.9 Å². The molecule has 0 heterocycles. The van der Waals surface area contributed by atoms with Gasteiger partial charge in [0.2, 0.25) is 0 Å². The lowest BCUT2D eigenvalue weighted by atomic mass is 10.1. The van der Waals surface area contributed by atoms with Crippen molar-refractivity contribution in [1.29, 1.82) is 0 Å². The fourth-order valence-electron chi connectivity index (χ4n) is 2.36. The minimum Gasteiger partial charge on any atom is -0.496 e. The van der Waals surface area contributed by atoms with E-state index in [-0.39, 0.29) is 5.91 Å². The van der Waals surface area contributed by atoms with Crippen molar-refractivity contribution < 1.29 is 14.3 Å². The first kappa shape index (κ1) is 17.9. The summed E-state index contributed by atoms with van der Waals surface area (Å²) in [6.45, 7) is 4.70. The highest BCUT2D eigenvalue weighted by atomic mass is 35.5. The zero-order chi connectivity index (χ0) is 17.7. The van der Waals surface area contributed by atoms with Crippen LogP contribution in [0, 0.1) is 13.8 Å². The summed E-state index contributed by atoms with van der Waals surface area (Å²) < 4.78 is 10.9. The zero-order valence-electron chi connectivity index (χ0n) is 14.0. The first-order valence-corrected chi connectivity index (χ1v) is 7.92. The number of amides is 1. The molecule has 0 saturated carbocycles. The molecule has 0 unspecified atom stereocenters. The minimum atomic E-state index is -0.293. The summed E-state index contributed by atoms with van der Waals surface area (Å²) in [5.41, 5.74) is 8.54. The third-order valence-electron chi connectivity index (χ3n) is 3.61. The van der Waals surface area contributed by atoms with Crippen molar-refractivity contribution in [3.63, 3.8) is 0 Å². The number of hydrogen-bond acceptors (Lipinski definition) is 4. The third-order valence-corrected chi connectivity index (χ3v) is 3.93. The van der Waals surface area contributed by atoms with E-state index < -0.39 is 0 Å². The predicted molar refractivity (Wildman–Crippen MR) is 96.2 cm³/mol. The van der Waals surface area contributed by atoms with Crippen LogP contribution in [0.3, 0.4) is 0 Å². The van der Waals surface area contributed by atoms with Gasteiger partial charge in [0.1, 0.15) is 18.1 Å². The third kappa shape index (κ3) is 4.11. The molecule has 128 valence electrons. The fraction of sp³-hybridized carbons (Fsp3) is 0.278. The Morgan fingerprint density at radius 1 is 1.25 bits per heavy atom. The lowest BCUT2D eigenvalue weighted by Crippen LogP contribution is -2.28. The first-order valence-electron chi connectivity index (χ1n) is 7.54. The lowest BCUT2D eigenvalue weighted by Gasteiger charge is -2.13. The molecule has 0 aliphatic carbocycles. The van der Waals surface area contributed by atoms with Crippen LogP contribution in [0.25, 0.3) is 0 Å². The molecule has 0 fully saturated rings. The SMILES string of the molecule is COc1cc(N)c(Cl)cc1C(=O)NCCOc1c(C)cccc1C. The maximum absolute atomic E-state index is 12.3. The quantitative estimate of drug-likeness (QED) is 0.620. The van der Waals surface area contributed by atoms with Crippen molar-refractivity contribution in [1.82, 2.24) is 5.32 Å². The van der Waals surface area contributed by atoms with Crippen LogP contribution in [0.2, 0.25) is 5.02 Å². The van der Waals surface area contributed by atoms with Crippen LogP contribution in [-0.4, -0.2) is 26.2 Å². The average Bonchev–Trinajstić information content (AvgIpc) is 2.55. The number of rotatable bonds is 6. The van der Waals surface area contributed by atoms with Crippen molar-refractivity contribution in [2.75, 3.05) is 26.0 Å². The van der Waals surface area contributed by atoms with E-state index >= 15 is 0 Å². The van der Waals surface area contributed by atoms with Gasteiger partial charge in [0, 0.05) is 6.07 Å². The van der Waals surface area contributed by atoms with Crippen molar-refractivity contribution in [2.45, 2.75) is 13.8 Å². The molecule has 24 heavy (non-hydrogen) atoms. The Kier molecular flexibility index (Phi) is 5.93. The number of halogens is 1. The normalized spacial score (nSPS) is 10.3. The molecule has 2 aromatic rings. The summed E-state index contributed by atoms with van der Waals surface area (Å²) in [4.78, 5) is 12.3. The Bertz CT molecular complexity index is 727. The van der Waals surface area contributed by atoms with Crippen LogP contribution in [0.15, 0.2) is 30.3 Å². The first-order chi connectivity index (χ1) is 11.4. The second-order valence-corrected chi connectivity index (χ2v) is 5.81. The van der Waals surface area contributed by atoms with Crippen LogP contribution < -0.4 is 20.5 Å². The van der Waals surface area contributed by atoms with Gasteiger partial charge in [-0.1, -0.05) is 29.8 Å². The maximum Gasteiger partial charge on any atom is 0.255 e. The molecule has 3 N–H and O–H groups in total. The van der Waals surface area contributed by atoms with E-state index in [0.29, 0.717) is 35.2 Å². The summed E-state index contributed by atoms with van der Waals surface area (Å²) >= 11 is 5.98. The van der Waals surface area contributed by atoms with Crippen LogP contribution >= 0.6 is 11.6 Å². The van der Waals surface area contributed by atoms with E-state index in [4.69, 9.17) is 26.8 Å². The molecule has 5 nitrogen and oxygen atoms in total. The maximum atomic E-state index is 12.3. The number of nitrogen functional groups attached to an aromatic ring is 1. The van der Waals surface area contributed by atoms with Crippen molar-refractivity contribution in [2.24, 2.45) is 0 Å². The second-order valence-electron chi connectivity index (χ2n) is 5.40. The number of ether oxygens (including phenoxy) is 2. The van der Waals surface area contributed by atoms with E-state index in [1.165, 1.54) is 19.2 Å². The van der Waals surface area contributed by atoms with Crippen LogP contribution in [0.4, 0.5) is 5.69 Å². The number of nitrogens with one attached hydrogen (secondary N) is 1. The summed E-state index contributed by atoms with van der Waals surface area (Å²) in [6, 6.07) is 8.99. The molecule has 0 atom stereocenters. The largest absolute Gasteiger partial charge is 0.496 e. The molecule has 2 aromatic carbocycles. The van der Waals surface area contributed by atoms with Gasteiger partial charge in [-0.25, -0.2) is 0 Å². The number of para-hydroxylation sites is 1. The molecule has 0 aromatic heterocycles. The zero-order valence-corrected chi connectivity index (χ0v) is 14.7. The van der Waals surface area contributed by atoms with Gasteiger partial charge < -0.3 is 20.5 Å². The molecular weight excluding hydrogens is 328 g/mol. The number of carbonyl (C=O) groups is 1. The van der Waals surface area contributed by atoms with Gasteiger partial charge in [-0.2, -0.15) is 0 Å². The van der Waals surface area contributed by atoms with Gasteiger partial charge in [-0.15, -0.1) is 0 Å². The van der Waals surface area contributed by atoms with Gasteiger partial charge in [-0.05, 0) is 31.0 Å². The number of methoxy groups -OCH3 is 1. The fourth-order valence-corrected chi connectivity index (χ4v) is 2.52. The van der Waals surface area contributed by atoms with Crippen molar-refractivity contribution in [3.8, 4) is 11.5 Å². The van der Waals surface area contributed by atoms with Crippen molar-refractivity contribution in [3.05, 3.63) is 52.0 Å². The van der Waals surface area contributed by atoms with Gasteiger partial charge >= 0.3 is 0 Å². The molecule has 6 heteroatoms. The second kappa shape index (κ2) is 7.93. The topological polar surface area (TPSA) is 73.6 Å². The molecule has 2 rings (SSSR count). The monoisotopic (exact) mass is 348 g/mol. The highest BCUT2D eigenvalue weighted by Crippen LogP contribution is 2.28. The number of carbonyl (C=O) groups excluding carboxylic acids is 1. The summed E-state index contributed by atoms with van der Waals surface area (Å²) in [5, 5.41) is 3.10. The summed E-state index contributed by atoms with van der Waals surface area (Å²) in [6.07, 6.45) is 0. The standard InChI is InChI=1S/C18H21ClN2O3/c1-11-5-4-6-12(2)17(11)24-8-7-21-18(22)13-9-14(19)15(20)10-16(13)23-3/h4-6,9-10H,7-8,20H2,1-3H3,(H,21,22). The highest BCUT2D eigenvalue weighted by molar-refractivity contribution is 6.33. The Morgan fingerprint density at radius 2 is 1.92 bits per heavy atom. The lowest BCUT2D eigenvalue weighted by molar-refractivity contribution is 0.0944. The van der Waals surface area contributed by atoms with Gasteiger partial charge in [0.25, 0.3) is 5.91 Å². The molecule has 1 amide bonds. The van der Waals surface area contributed by atoms with Gasteiger partial charge in [0.15, 0.2) is 0 Å². The summed E-state index contributed by atoms with van der Waals surface area (Å²) in [7, 11) is 1.48.